The molecule has 1 aromatic heterocycles. The van der Waals surface area contributed by atoms with Crippen molar-refractivity contribution < 1.29 is 0 Å². The van der Waals surface area contributed by atoms with E-state index in [4.69, 9.17) is 0 Å². The third-order valence-electron chi connectivity index (χ3n) is 1.49. The van der Waals surface area contributed by atoms with Gasteiger partial charge >= 0.3 is 0 Å². The van der Waals surface area contributed by atoms with Crippen LogP contribution in [0.3, 0.4) is 0 Å². The van der Waals surface area contributed by atoms with E-state index in [-0.39, 0.29) is 0 Å². The van der Waals surface area contributed by atoms with Crippen molar-refractivity contribution in [2.24, 2.45) is 0 Å². The lowest BCUT2D eigenvalue weighted by molar-refractivity contribution is 1.05. The van der Waals surface area contributed by atoms with Gasteiger partial charge in [0.25, 0.3) is 0 Å². The van der Waals surface area contributed by atoms with Crippen LogP contribution in [0.5, 0.6) is 0 Å². The number of halogens is 1. The molecule has 0 spiro atoms. The van der Waals surface area contributed by atoms with Crippen LogP contribution in [0.4, 0.5) is 0 Å². The van der Waals surface area contributed by atoms with Crippen molar-refractivity contribution in [2.45, 2.75) is 0 Å². The van der Waals surface area contributed by atoms with Gasteiger partial charge in [0, 0.05) is 10.7 Å². The van der Waals surface area contributed by atoms with Crippen LogP contribution in [0, 0.1) is 12.4 Å². The molecular weight excluding hydrogens is 216 g/mol. The van der Waals surface area contributed by atoms with Crippen LogP contribution in [0.15, 0.2) is 35.1 Å². The molecule has 0 aliphatic rings. The predicted molar refractivity (Wildman–Crippen MR) is 48.9 cm³/mol. The van der Waals surface area contributed by atoms with Crippen LogP contribution < -0.4 is 0 Å². The minimum atomic E-state index is 1.03. The topological polar surface area (TPSA) is 17.8 Å². The smallest absolute Gasteiger partial charge is 0.118 e. The molecule has 0 bridgehead atoms. The molecule has 0 saturated carbocycles. The van der Waals surface area contributed by atoms with Crippen LogP contribution in [0.2, 0.25) is 0 Å². The number of benzene rings is 1. The second-order valence-corrected chi connectivity index (χ2v) is 3.23. The van der Waals surface area contributed by atoms with E-state index in [1.807, 2.05) is 24.3 Å². The average molecular weight is 221 g/mol. The Balaban J connectivity index is 2.48. The molecule has 2 rings (SSSR count). The Bertz CT molecular complexity index is 368. The Morgan fingerprint density at radius 1 is 1.42 bits per heavy atom. The minimum Gasteiger partial charge on any atom is -0.257 e. The van der Waals surface area contributed by atoms with Gasteiger partial charge in [-0.05, 0) is 18.2 Å². The van der Waals surface area contributed by atoms with E-state index < -0.39 is 0 Å². The second kappa shape index (κ2) is 3.00. The van der Waals surface area contributed by atoms with Crippen molar-refractivity contribution >= 4 is 15.9 Å². The number of hydrogen-bond donors (Lipinski definition) is 0. The van der Waals surface area contributed by atoms with Crippen LogP contribution in [0.25, 0.3) is 5.69 Å². The Labute approximate surface area is 79.0 Å². The summed E-state index contributed by atoms with van der Waals surface area (Å²) in [4.78, 5) is 3.80. The summed E-state index contributed by atoms with van der Waals surface area (Å²) in [7, 11) is 0. The van der Waals surface area contributed by atoms with E-state index in [2.05, 4.69) is 33.3 Å². The lowest BCUT2D eigenvalue weighted by Crippen LogP contribution is -1.88. The third kappa shape index (κ3) is 1.34. The van der Waals surface area contributed by atoms with Crippen LogP contribution in [-0.4, -0.2) is 9.55 Å². The van der Waals surface area contributed by atoms with Gasteiger partial charge in [0.1, 0.15) is 6.33 Å². The monoisotopic (exact) mass is 220 g/mol. The zero-order chi connectivity index (χ0) is 8.39. The molecule has 2 nitrogen and oxygen atoms in total. The minimum absolute atomic E-state index is 1.03. The largest absolute Gasteiger partial charge is 0.257 e. The van der Waals surface area contributed by atoms with E-state index in [1.54, 1.807) is 10.9 Å². The van der Waals surface area contributed by atoms with Crippen molar-refractivity contribution in [3.05, 3.63) is 47.5 Å². The fourth-order valence-electron chi connectivity index (χ4n) is 0.955. The first-order valence-electron chi connectivity index (χ1n) is 3.45. The van der Waals surface area contributed by atoms with Gasteiger partial charge in [0.05, 0.1) is 11.9 Å². The highest BCUT2D eigenvalue weighted by Crippen LogP contribution is 2.13. The number of aromatic nitrogens is 2. The lowest BCUT2D eigenvalue weighted by Gasteiger charge is -1.98. The quantitative estimate of drug-likeness (QED) is 0.721. The normalized spacial score (nSPS) is 9.42. The van der Waals surface area contributed by atoms with Crippen LogP contribution in [-0.2, 0) is 0 Å². The maximum Gasteiger partial charge on any atom is 0.118 e. The van der Waals surface area contributed by atoms with E-state index >= 15 is 0 Å². The Morgan fingerprint density at radius 2 is 2.33 bits per heavy atom. The molecule has 0 aliphatic carbocycles. The number of hydrogen-bond acceptors (Lipinski definition) is 1. The van der Waals surface area contributed by atoms with Crippen molar-refractivity contribution in [3.8, 4) is 5.69 Å². The van der Waals surface area contributed by atoms with Gasteiger partial charge in [-0.25, -0.2) is 0 Å². The average Bonchev–Trinajstić information content (AvgIpc) is 2.56. The van der Waals surface area contributed by atoms with E-state index in [0.717, 1.165) is 10.2 Å². The zero-order valence-electron chi connectivity index (χ0n) is 6.16. The first-order chi connectivity index (χ1) is 5.86. The SMILES string of the molecule is Brc1cccc(-n2c#cnc2)c1. The molecule has 1 heterocycles. The molecule has 0 radical (unpaired) electrons. The first-order valence-corrected chi connectivity index (χ1v) is 4.24. The standard InChI is InChI=1S/C9H5BrN2/c10-8-2-1-3-9(6-8)12-5-4-11-7-12/h1-3,6-7H. The summed E-state index contributed by atoms with van der Waals surface area (Å²) in [5.74, 6) is 0. The molecule has 3 heteroatoms. The summed E-state index contributed by atoms with van der Waals surface area (Å²) in [6, 6.07) is 7.92. The highest BCUT2D eigenvalue weighted by Gasteiger charge is 1.93. The molecule has 0 atom stereocenters. The van der Waals surface area contributed by atoms with Crippen molar-refractivity contribution in [3.63, 3.8) is 0 Å². The van der Waals surface area contributed by atoms with E-state index in [9.17, 15) is 0 Å². The summed E-state index contributed by atoms with van der Waals surface area (Å²) >= 11 is 3.39. The van der Waals surface area contributed by atoms with Gasteiger partial charge in [-0.2, -0.15) is 4.98 Å². The lowest BCUT2D eigenvalue weighted by atomic mass is 10.3. The molecule has 0 N–H and O–H groups in total. The fourth-order valence-corrected chi connectivity index (χ4v) is 1.34. The van der Waals surface area contributed by atoms with Gasteiger partial charge < -0.3 is 0 Å². The predicted octanol–water partition coefficient (Wildman–Crippen LogP) is 2.24. The molecule has 58 valence electrons. The van der Waals surface area contributed by atoms with Crippen LogP contribution >= 0.6 is 15.9 Å². The molecule has 0 amide bonds. The fraction of sp³-hybridized carbons (Fsp3) is 0. The molecule has 0 saturated heterocycles. The van der Waals surface area contributed by atoms with Crippen molar-refractivity contribution in [1.29, 1.82) is 0 Å². The van der Waals surface area contributed by atoms with E-state index in [0.29, 0.717) is 0 Å². The second-order valence-electron chi connectivity index (χ2n) is 2.32. The summed E-state index contributed by atoms with van der Waals surface area (Å²) in [6.45, 7) is 0. The highest BCUT2D eigenvalue weighted by molar-refractivity contribution is 9.10. The maximum absolute atomic E-state index is 3.80. The van der Waals surface area contributed by atoms with Gasteiger partial charge in [-0.3, -0.25) is 4.57 Å². The first kappa shape index (κ1) is 7.38. The Kier molecular flexibility index (Phi) is 1.84. The van der Waals surface area contributed by atoms with Gasteiger partial charge in [0.15, 0.2) is 0 Å². The molecule has 2 aromatic rings. The number of nitrogens with zero attached hydrogens (tertiary/aromatic N) is 2. The van der Waals surface area contributed by atoms with Gasteiger partial charge in [-0.1, -0.05) is 22.0 Å². The molecule has 12 heavy (non-hydrogen) atoms. The van der Waals surface area contributed by atoms with Crippen molar-refractivity contribution in [2.75, 3.05) is 0 Å². The van der Waals surface area contributed by atoms with Crippen LogP contribution in [0.1, 0.15) is 0 Å². The zero-order valence-corrected chi connectivity index (χ0v) is 7.75. The van der Waals surface area contributed by atoms with E-state index in [1.165, 1.54) is 0 Å². The van der Waals surface area contributed by atoms with Gasteiger partial charge in [0.2, 0.25) is 0 Å². The molecule has 0 unspecified atom stereocenters. The summed E-state index contributed by atoms with van der Waals surface area (Å²) in [5.41, 5.74) is 1.03. The Morgan fingerprint density at radius 3 is 3.00 bits per heavy atom. The Hall–Kier alpha value is -1.27. The van der Waals surface area contributed by atoms with Crippen molar-refractivity contribution in [1.82, 2.24) is 9.55 Å². The molecule has 0 fully saturated rings. The number of rotatable bonds is 1. The summed E-state index contributed by atoms with van der Waals surface area (Å²) in [5, 5.41) is 0. The molecule has 0 aliphatic heterocycles. The maximum atomic E-state index is 3.80. The highest BCUT2D eigenvalue weighted by atomic mass is 79.9. The molecule has 1 aromatic carbocycles. The third-order valence-corrected chi connectivity index (χ3v) is 1.99. The summed E-state index contributed by atoms with van der Waals surface area (Å²) < 4.78 is 2.83. The summed E-state index contributed by atoms with van der Waals surface area (Å²) in [6.07, 6.45) is 7.13. The van der Waals surface area contributed by atoms with Gasteiger partial charge in [-0.15, -0.1) is 0 Å². The molecular formula is C9H5BrN2.